The van der Waals surface area contributed by atoms with Gasteiger partial charge in [0.2, 0.25) is 5.91 Å². The Bertz CT molecular complexity index is 880. The molecule has 128 valence electrons. The Labute approximate surface area is 142 Å². The SMILES string of the molecule is Cc1[nH]c(=O)[nH]c(=O)c1CCC(=O)Nc1nc2c(s1)C[C@@H](C)CC2. The van der Waals surface area contributed by atoms with Gasteiger partial charge in [-0.2, -0.15) is 0 Å². The van der Waals surface area contributed by atoms with Crippen LogP contribution in [0.3, 0.4) is 0 Å². The zero-order valence-electron chi connectivity index (χ0n) is 13.7. The molecule has 0 spiro atoms. The van der Waals surface area contributed by atoms with E-state index in [1.165, 1.54) is 16.2 Å². The second kappa shape index (κ2) is 6.72. The highest BCUT2D eigenvalue weighted by Gasteiger charge is 2.20. The fourth-order valence-electron chi connectivity index (χ4n) is 2.94. The quantitative estimate of drug-likeness (QED) is 0.778. The van der Waals surface area contributed by atoms with Crippen LogP contribution in [-0.2, 0) is 24.1 Å². The molecule has 7 nitrogen and oxygen atoms in total. The summed E-state index contributed by atoms with van der Waals surface area (Å²) in [6, 6.07) is 0. The van der Waals surface area contributed by atoms with Gasteiger partial charge >= 0.3 is 5.69 Å². The van der Waals surface area contributed by atoms with Crippen LogP contribution in [-0.4, -0.2) is 20.9 Å². The van der Waals surface area contributed by atoms with Gasteiger partial charge in [-0.05, 0) is 38.5 Å². The van der Waals surface area contributed by atoms with Gasteiger partial charge in [-0.3, -0.25) is 14.6 Å². The third kappa shape index (κ3) is 3.64. The second-order valence-electron chi connectivity index (χ2n) is 6.30. The second-order valence-corrected chi connectivity index (χ2v) is 7.38. The maximum atomic E-state index is 12.1. The zero-order chi connectivity index (χ0) is 17.3. The van der Waals surface area contributed by atoms with E-state index in [0.29, 0.717) is 22.3 Å². The lowest BCUT2D eigenvalue weighted by molar-refractivity contribution is -0.116. The van der Waals surface area contributed by atoms with Crippen molar-refractivity contribution in [3.63, 3.8) is 0 Å². The number of nitrogens with zero attached hydrogens (tertiary/aromatic N) is 1. The Kier molecular flexibility index (Phi) is 4.66. The summed E-state index contributed by atoms with van der Waals surface area (Å²) in [6.45, 7) is 3.88. The minimum absolute atomic E-state index is 0.163. The van der Waals surface area contributed by atoms with Crippen LogP contribution in [0.15, 0.2) is 9.59 Å². The predicted octanol–water partition coefficient (Wildman–Crippen LogP) is 1.52. The number of fused-ring (bicyclic) bond motifs is 1. The number of H-pyrrole nitrogens is 2. The number of aromatic nitrogens is 3. The predicted molar refractivity (Wildman–Crippen MR) is 92.7 cm³/mol. The van der Waals surface area contributed by atoms with Crippen molar-refractivity contribution in [2.24, 2.45) is 5.92 Å². The molecule has 0 unspecified atom stereocenters. The molecule has 1 aliphatic rings. The minimum atomic E-state index is -0.534. The van der Waals surface area contributed by atoms with Crippen molar-refractivity contribution in [2.45, 2.75) is 46.0 Å². The smallest absolute Gasteiger partial charge is 0.311 e. The number of anilines is 1. The molecule has 3 rings (SSSR count). The fraction of sp³-hybridized carbons (Fsp3) is 0.500. The van der Waals surface area contributed by atoms with E-state index >= 15 is 0 Å². The molecule has 0 radical (unpaired) electrons. The minimum Gasteiger partial charge on any atom is -0.311 e. The van der Waals surface area contributed by atoms with E-state index in [1.54, 1.807) is 6.92 Å². The first-order valence-electron chi connectivity index (χ1n) is 8.03. The molecule has 0 aliphatic heterocycles. The number of aryl methyl sites for hydroxylation is 2. The summed E-state index contributed by atoms with van der Waals surface area (Å²) in [5, 5.41) is 3.45. The highest BCUT2D eigenvalue weighted by Crippen LogP contribution is 2.32. The van der Waals surface area contributed by atoms with Crippen molar-refractivity contribution in [3.05, 3.63) is 42.7 Å². The van der Waals surface area contributed by atoms with Gasteiger partial charge < -0.3 is 10.3 Å². The summed E-state index contributed by atoms with van der Waals surface area (Å²) in [5.41, 5.74) is 1.05. The first-order valence-corrected chi connectivity index (χ1v) is 8.84. The molecule has 2 heterocycles. The number of rotatable bonds is 4. The molecule has 3 N–H and O–H groups in total. The van der Waals surface area contributed by atoms with Crippen LogP contribution in [0.2, 0.25) is 0 Å². The lowest BCUT2D eigenvalue weighted by atomic mass is 9.93. The monoisotopic (exact) mass is 348 g/mol. The van der Waals surface area contributed by atoms with E-state index < -0.39 is 11.2 Å². The van der Waals surface area contributed by atoms with Crippen molar-refractivity contribution in [2.75, 3.05) is 5.32 Å². The maximum Gasteiger partial charge on any atom is 0.325 e. The van der Waals surface area contributed by atoms with Crippen LogP contribution in [0, 0.1) is 12.8 Å². The number of carbonyl (C=O) groups is 1. The van der Waals surface area contributed by atoms with E-state index in [9.17, 15) is 14.4 Å². The molecule has 0 fully saturated rings. The number of aromatic amines is 2. The first-order chi connectivity index (χ1) is 11.4. The molecule has 24 heavy (non-hydrogen) atoms. The van der Waals surface area contributed by atoms with Crippen LogP contribution < -0.4 is 16.6 Å². The van der Waals surface area contributed by atoms with Crippen molar-refractivity contribution in [1.82, 2.24) is 15.0 Å². The van der Waals surface area contributed by atoms with Gasteiger partial charge in [0.25, 0.3) is 5.56 Å². The number of amides is 1. The Balaban J connectivity index is 1.63. The summed E-state index contributed by atoms with van der Waals surface area (Å²) >= 11 is 1.54. The molecule has 0 saturated heterocycles. The molecular weight excluding hydrogens is 328 g/mol. The van der Waals surface area contributed by atoms with Crippen LogP contribution in [0.25, 0.3) is 0 Å². The van der Waals surface area contributed by atoms with Gasteiger partial charge in [-0.25, -0.2) is 9.78 Å². The van der Waals surface area contributed by atoms with E-state index in [0.717, 1.165) is 25.0 Å². The van der Waals surface area contributed by atoms with E-state index in [2.05, 4.69) is 27.2 Å². The third-order valence-corrected chi connectivity index (χ3v) is 5.32. The number of nitrogens with one attached hydrogen (secondary N) is 3. The Hall–Kier alpha value is -2.22. The third-order valence-electron chi connectivity index (χ3n) is 4.29. The van der Waals surface area contributed by atoms with E-state index in [1.807, 2.05) is 0 Å². The average molecular weight is 348 g/mol. The molecule has 8 heteroatoms. The summed E-state index contributed by atoms with van der Waals surface area (Å²) in [6.07, 6.45) is 3.56. The fourth-order valence-corrected chi connectivity index (χ4v) is 4.13. The Morgan fingerprint density at radius 1 is 1.38 bits per heavy atom. The molecule has 1 aliphatic carbocycles. The zero-order valence-corrected chi connectivity index (χ0v) is 14.5. The topological polar surface area (TPSA) is 108 Å². The van der Waals surface area contributed by atoms with Crippen LogP contribution >= 0.6 is 11.3 Å². The van der Waals surface area contributed by atoms with Gasteiger partial charge in [0, 0.05) is 22.6 Å². The van der Waals surface area contributed by atoms with E-state index in [-0.39, 0.29) is 18.7 Å². The van der Waals surface area contributed by atoms with Gasteiger partial charge in [-0.15, -0.1) is 11.3 Å². The molecule has 2 aromatic rings. The van der Waals surface area contributed by atoms with Gasteiger partial charge in [-0.1, -0.05) is 6.92 Å². The van der Waals surface area contributed by atoms with E-state index in [4.69, 9.17) is 0 Å². The Morgan fingerprint density at radius 2 is 2.17 bits per heavy atom. The van der Waals surface area contributed by atoms with Crippen LogP contribution in [0.5, 0.6) is 0 Å². The highest BCUT2D eigenvalue weighted by molar-refractivity contribution is 7.15. The van der Waals surface area contributed by atoms with Crippen molar-refractivity contribution >= 4 is 22.4 Å². The number of hydrogen-bond donors (Lipinski definition) is 3. The number of hydrogen-bond acceptors (Lipinski definition) is 5. The molecule has 0 saturated carbocycles. The standard InChI is InChI=1S/C16H20N4O3S/c1-8-3-5-11-12(7-8)24-16(18-11)19-13(21)6-4-10-9(2)17-15(23)20-14(10)22/h8H,3-7H2,1-2H3,(H,18,19,21)(H2,17,20,22,23)/t8-/m0/s1. The molecule has 1 amide bonds. The largest absolute Gasteiger partial charge is 0.325 e. The summed E-state index contributed by atoms with van der Waals surface area (Å²) in [5.74, 6) is 0.482. The molecular formula is C16H20N4O3S. The molecule has 0 aromatic carbocycles. The maximum absolute atomic E-state index is 12.1. The average Bonchev–Trinajstić information content (AvgIpc) is 2.87. The summed E-state index contributed by atoms with van der Waals surface area (Å²) in [4.78, 5) is 45.5. The van der Waals surface area contributed by atoms with Gasteiger partial charge in [0.1, 0.15) is 0 Å². The summed E-state index contributed by atoms with van der Waals surface area (Å²) in [7, 11) is 0. The lowest BCUT2D eigenvalue weighted by Crippen LogP contribution is -2.27. The molecule has 2 aromatic heterocycles. The Morgan fingerprint density at radius 3 is 2.92 bits per heavy atom. The van der Waals surface area contributed by atoms with Crippen LogP contribution in [0.4, 0.5) is 5.13 Å². The van der Waals surface area contributed by atoms with Crippen LogP contribution in [0.1, 0.15) is 41.6 Å². The van der Waals surface area contributed by atoms with Gasteiger partial charge in [0.05, 0.1) is 5.69 Å². The number of carbonyl (C=O) groups excluding carboxylic acids is 1. The highest BCUT2D eigenvalue weighted by atomic mass is 32.1. The summed E-state index contributed by atoms with van der Waals surface area (Å²) < 4.78 is 0. The normalized spacial score (nSPS) is 16.7. The van der Waals surface area contributed by atoms with Crippen molar-refractivity contribution in [1.29, 1.82) is 0 Å². The first kappa shape index (κ1) is 16.6. The lowest BCUT2D eigenvalue weighted by Gasteiger charge is -2.15. The van der Waals surface area contributed by atoms with Gasteiger partial charge in [0.15, 0.2) is 5.13 Å². The van der Waals surface area contributed by atoms with Crippen molar-refractivity contribution < 1.29 is 4.79 Å². The number of thiazole rings is 1. The molecule has 1 atom stereocenters. The molecule has 0 bridgehead atoms. The van der Waals surface area contributed by atoms with Crippen molar-refractivity contribution in [3.8, 4) is 0 Å².